The van der Waals surface area contributed by atoms with Gasteiger partial charge >= 0.3 is 0 Å². The highest BCUT2D eigenvalue weighted by Crippen LogP contribution is 2.09. The second-order valence-corrected chi connectivity index (χ2v) is 5.42. The molecule has 0 bridgehead atoms. The lowest BCUT2D eigenvalue weighted by atomic mass is 10.2. The molecule has 0 radical (unpaired) electrons. The van der Waals surface area contributed by atoms with E-state index in [1.54, 1.807) is 13.3 Å². The second-order valence-electron chi connectivity index (χ2n) is 5.42. The molecule has 2 aromatic heterocycles. The van der Waals surface area contributed by atoms with E-state index in [0.29, 0.717) is 18.2 Å². The summed E-state index contributed by atoms with van der Waals surface area (Å²) in [5, 5.41) is 3.38. The van der Waals surface area contributed by atoms with Gasteiger partial charge in [-0.3, -0.25) is 0 Å². The van der Waals surface area contributed by atoms with Crippen molar-refractivity contribution >= 4 is 0 Å². The first kappa shape index (κ1) is 15.4. The molecular weight excluding hydrogens is 264 g/mol. The van der Waals surface area contributed by atoms with E-state index in [1.165, 1.54) is 0 Å². The Morgan fingerprint density at radius 1 is 1.05 bits per heavy atom. The third-order valence-electron chi connectivity index (χ3n) is 3.01. The molecule has 0 aliphatic heterocycles. The molecular formula is C16H22N4O. The zero-order valence-corrected chi connectivity index (χ0v) is 12.8. The van der Waals surface area contributed by atoms with Crippen LogP contribution in [0.5, 0.6) is 5.88 Å². The first-order valence-corrected chi connectivity index (χ1v) is 7.17. The molecule has 0 aromatic carbocycles. The molecule has 0 aliphatic rings. The van der Waals surface area contributed by atoms with Crippen molar-refractivity contribution in [3.63, 3.8) is 0 Å². The standard InChI is InChI=1S/C16H22N4O/c1-12(2)7-17-8-14-10-18-15(19-11-14)6-13-4-5-16(21-3)20-9-13/h4-5,9-12,17H,6-8H2,1-3H3. The van der Waals surface area contributed by atoms with E-state index in [1.807, 2.05) is 24.5 Å². The van der Waals surface area contributed by atoms with Gasteiger partial charge in [-0.2, -0.15) is 0 Å². The molecule has 5 heteroatoms. The average molecular weight is 286 g/mol. The van der Waals surface area contributed by atoms with Crippen LogP contribution in [0.25, 0.3) is 0 Å². The monoisotopic (exact) mass is 286 g/mol. The predicted molar refractivity (Wildman–Crippen MR) is 82.2 cm³/mol. The van der Waals surface area contributed by atoms with Crippen LogP contribution < -0.4 is 10.1 Å². The fourth-order valence-electron chi connectivity index (χ4n) is 1.89. The van der Waals surface area contributed by atoms with Crippen molar-refractivity contribution in [1.82, 2.24) is 20.3 Å². The van der Waals surface area contributed by atoms with Crippen molar-refractivity contribution < 1.29 is 4.74 Å². The minimum Gasteiger partial charge on any atom is -0.481 e. The lowest BCUT2D eigenvalue weighted by Gasteiger charge is -2.07. The molecule has 0 saturated heterocycles. The van der Waals surface area contributed by atoms with Crippen LogP contribution in [-0.4, -0.2) is 28.6 Å². The lowest BCUT2D eigenvalue weighted by molar-refractivity contribution is 0.397. The Balaban J connectivity index is 1.89. The Kier molecular flexibility index (Phi) is 5.63. The molecule has 0 unspecified atom stereocenters. The van der Waals surface area contributed by atoms with Gasteiger partial charge in [0, 0.05) is 43.2 Å². The van der Waals surface area contributed by atoms with Gasteiger partial charge in [0.25, 0.3) is 0 Å². The van der Waals surface area contributed by atoms with Crippen molar-refractivity contribution in [1.29, 1.82) is 0 Å². The highest BCUT2D eigenvalue weighted by molar-refractivity contribution is 5.21. The van der Waals surface area contributed by atoms with Gasteiger partial charge in [-0.05, 0) is 18.0 Å². The number of methoxy groups -OCH3 is 1. The van der Waals surface area contributed by atoms with Gasteiger partial charge in [0.1, 0.15) is 5.82 Å². The number of nitrogens with zero attached hydrogens (tertiary/aromatic N) is 3. The number of aromatic nitrogens is 3. The second kappa shape index (κ2) is 7.69. The maximum absolute atomic E-state index is 5.04. The Morgan fingerprint density at radius 3 is 2.33 bits per heavy atom. The molecule has 21 heavy (non-hydrogen) atoms. The molecule has 1 N–H and O–H groups in total. The Hall–Kier alpha value is -2.01. The highest BCUT2D eigenvalue weighted by Gasteiger charge is 2.02. The van der Waals surface area contributed by atoms with Crippen molar-refractivity contribution in [3.8, 4) is 5.88 Å². The van der Waals surface area contributed by atoms with Gasteiger partial charge in [0.2, 0.25) is 5.88 Å². The molecule has 2 aromatic rings. The average Bonchev–Trinajstić information content (AvgIpc) is 2.49. The first-order valence-electron chi connectivity index (χ1n) is 7.17. The summed E-state index contributed by atoms with van der Waals surface area (Å²) < 4.78 is 5.04. The zero-order chi connectivity index (χ0) is 15.1. The summed E-state index contributed by atoms with van der Waals surface area (Å²) >= 11 is 0. The Morgan fingerprint density at radius 2 is 1.76 bits per heavy atom. The number of rotatable bonds is 7. The minimum absolute atomic E-state index is 0.617. The number of hydrogen-bond donors (Lipinski definition) is 1. The van der Waals surface area contributed by atoms with Crippen molar-refractivity contribution in [3.05, 3.63) is 47.7 Å². The molecule has 0 atom stereocenters. The van der Waals surface area contributed by atoms with Gasteiger partial charge in [-0.25, -0.2) is 15.0 Å². The van der Waals surface area contributed by atoms with Crippen LogP contribution in [0, 0.1) is 5.92 Å². The van der Waals surface area contributed by atoms with Crippen molar-refractivity contribution in [2.24, 2.45) is 5.92 Å². The minimum atomic E-state index is 0.617. The molecule has 0 aliphatic carbocycles. The molecule has 0 fully saturated rings. The van der Waals surface area contributed by atoms with E-state index in [2.05, 4.69) is 34.1 Å². The van der Waals surface area contributed by atoms with Gasteiger partial charge in [-0.15, -0.1) is 0 Å². The van der Waals surface area contributed by atoms with E-state index < -0.39 is 0 Å². The summed E-state index contributed by atoms with van der Waals surface area (Å²) in [7, 11) is 1.61. The van der Waals surface area contributed by atoms with Crippen LogP contribution in [-0.2, 0) is 13.0 Å². The van der Waals surface area contributed by atoms with Crippen LogP contribution in [0.1, 0.15) is 30.8 Å². The van der Waals surface area contributed by atoms with E-state index in [0.717, 1.165) is 30.0 Å². The molecule has 5 nitrogen and oxygen atoms in total. The molecule has 112 valence electrons. The van der Waals surface area contributed by atoms with Crippen LogP contribution in [0.4, 0.5) is 0 Å². The first-order chi connectivity index (χ1) is 10.2. The summed E-state index contributed by atoms with van der Waals surface area (Å²) in [5.41, 5.74) is 2.17. The third kappa shape index (κ3) is 5.11. The predicted octanol–water partition coefficient (Wildman–Crippen LogP) is 2.22. The molecule has 0 saturated carbocycles. The van der Waals surface area contributed by atoms with E-state index in [-0.39, 0.29) is 0 Å². The number of ether oxygens (including phenoxy) is 1. The molecule has 0 spiro atoms. The zero-order valence-electron chi connectivity index (χ0n) is 12.8. The maximum atomic E-state index is 5.04. The summed E-state index contributed by atoms with van der Waals surface area (Å²) in [4.78, 5) is 13.0. The normalized spacial score (nSPS) is 10.9. The van der Waals surface area contributed by atoms with Gasteiger partial charge in [0.05, 0.1) is 7.11 Å². The van der Waals surface area contributed by atoms with Crippen LogP contribution in [0.15, 0.2) is 30.7 Å². The summed E-state index contributed by atoms with van der Waals surface area (Å²) in [6, 6.07) is 3.83. The van der Waals surface area contributed by atoms with Crippen LogP contribution in [0.2, 0.25) is 0 Å². The van der Waals surface area contributed by atoms with Crippen LogP contribution >= 0.6 is 0 Å². The van der Waals surface area contributed by atoms with E-state index >= 15 is 0 Å². The van der Waals surface area contributed by atoms with E-state index in [4.69, 9.17) is 4.74 Å². The number of hydrogen-bond acceptors (Lipinski definition) is 5. The fourth-order valence-corrected chi connectivity index (χ4v) is 1.89. The van der Waals surface area contributed by atoms with Gasteiger partial charge < -0.3 is 10.1 Å². The Bertz CT molecular complexity index is 537. The fraction of sp³-hybridized carbons (Fsp3) is 0.438. The maximum Gasteiger partial charge on any atom is 0.212 e. The van der Waals surface area contributed by atoms with Crippen molar-refractivity contribution in [2.45, 2.75) is 26.8 Å². The lowest BCUT2D eigenvalue weighted by Crippen LogP contribution is -2.19. The van der Waals surface area contributed by atoms with Gasteiger partial charge in [0.15, 0.2) is 0 Å². The topological polar surface area (TPSA) is 59.9 Å². The van der Waals surface area contributed by atoms with Crippen LogP contribution in [0.3, 0.4) is 0 Å². The van der Waals surface area contributed by atoms with E-state index in [9.17, 15) is 0 Å². The third-order valence-corrected chi connectivity index (χ3v) is 3.01. The summed E-state index contributed by atoms with van der Waals surface area (Å²) in [5.74, 6) is 2.06. The number of pyridine rings is 1. The number of nitrogens with one attached hydrogen (secondary N) is 1. The summed E-state index contributed by atoms with van der Waals surface area (Å²) in [6.45, 7) is 6.19. The quantitative estimate of drug-likeness (QED) is 0.845. The van der Waals surface area contributed by atoms with Crippen molar-refractivity contribution in [2.75, 3.05) is 13.7 Å². The van der Waals surface area contributed by atoms with Gasteiger partial charge in [-0.1, -0.05) is 19.9 Å². The molecule has 0 amide bonds. The molecule has 2 heterocycles. The Labute approximate surface area is 125 Å². The molecule has 2 rings (SSSR count). The SMILES string of the molecule is COc1ccc(Cc2ncc(CNCC(C)C)cn2)cn1. The summed E-state index contributed by atoms with van der Waals surface area (Å²) in [6.07, 6.45) is 6.23. The smallest absolute Gasteiger partial charge is 0.212 e. The highest BCUT2D eigenvalue weighted by atomic mass is 16.5. The largest absolute Gasteiger partial charge is 0.481 e.